The largest absolute Gasteiger partial charge is 0.464 e. The molecule has 0 atom stereocenters. The SMILES string of the molecule is Cc1cc2c(ccc3oc(N(C)C)nc32)o1.Cc1cc2c(ccc3sc(C)nc32)o1.Cc1cc2c(o1)c(C)cc1sc(C)nc12.Cc1cc2sc(C(F)(F)F)nc2c2ccoc12.Cc1nc2c(cc(C)c3occc32)s1.Cc1nc2c(ccc3occc32)s1.FC(F)(F)c1cc2c(o1)c(C(F)(F)F)cc1sc(C(F)(F)F)nc12.FC(F)(F)c1cc2scnc2c2ccoc12. The normalized spacial score (nSPS) is 12.3. The molecule has 24 aromatic rings. The van der Waals surface area contributed by atoms with Crippen LogP contribution >= 0.6 is 79.4 Å². The number of nitrogens with zero attached hydrogens (tertiary/aromatic N) is 9. The van der Waals surface area contributed by atoms with Crippen LogP contribution < -0.4 is 4.90 Å². The van der Waals surface area contributed by atoms with Gasteiger partial charge in [-0.3, -0.25) is 0 Å². The number of anilines is 1. The van der Waals surface area contributed by atoms with Gasteiger partial charge < -0.3 is 44.7 Å². The van der Waals surface area contributed by atoms with Crippen LogP contribution in [0.4, 0.5) is 71.9 Å². The van der Waals surface area contributed by atoms with E-state index in [1.807, 2.05) is 110 Å². The first-order valence-corrected chi connectivity index (χ1v) is 43.9. The number of halogens is 15. The lowest BCUT2D eigenvalue weighted by atomic mass is 10.1. The lowest BCUT2D eigenvalue weighted by molar-refractivity contribution is -0.153. The minimum atomic E-state index is -5.12. The Morgan fingerprint density at radius 3 is 1.19 bits per heavy atom. The van der Waals surface area contributed by atoms with Crippen molar-refractivity contribution in [1.29, 1.82) is 0 Å². The van der Waals surface area contributed by atoms with E-state index >= 15 is 0 Å². The van der Waals surface area contributed by atoms with Gasteiger partial charge in [0.2, 0.25) is 5.76 Å². The summed E-state index contributed by atoms with van der Waals surface area (Å²) in [6.45, 7) is 20.0. The lowest BCUT2D eigenvalue weighted by Gasteiger charge is -2.07. The Balaban J connectivity index is 0.000000104. The molecule has 0 bridgehead atoms. The second-order valence-electron chi connectivity index (χ2n) is 29.4. The summed E-state index contributed by atoms with van der Waals surface area (Å²) in [6.07, 6.45) is -17.8. The molecule has 24 rings (SSSR count). The molecule has 18 nitrogen and oxygen atoms in total. The maximum atomic E-state index is 13.0. The van der Waals surface area contributed by atoms with Gasteiger partial charge in [-0.25, -0.2) is 34.9 Å². The number of alkyl halides is 15. The van der Waals surface area contributed by atoms with Crippen molar-refractivity contribution in [3.8, 4) is 0 Å². The average Bonchev–Trinajstić information content (AvgIpc) is 1.56. The van der Waals surface area contributed by atoms with Crippen LogP contribution in [-0.4, -0.2) is 54.0 Å². The number of benzene rings is 8. The highest BCUT2D eigenvalue weighted by molar-refractivity contribution is 7.20. The molecule has 0 radical (unpaired) electrons. The fraction of sp³-hybridized carbons (Fsp3) is 0.191. The molecule has 0 aliphatic carbocycles. The summed E-state index contributed by atoms with van der Waals surface area (Å²) >= 11 is 8.66. The third-order valence-electron chi connectivity index (χ3n) is 19.7. The molecule has 0 aliphatic heterocycles. The number of thiazole rings is 7. The van der Waals surface area contributed by atoms with E-state index in [1.54, 1.807) is 76.9 Å². The molecule has 8 aromatic carbocycles. The van der Waals surface area contributed by atoms with Crippen molar-refractivity contribution in [2.45, 2.75) is 100 Å². The van der Waals surface area contributed by atoms with Gasteiger partial charge in [-0.15, -0.1) is 79.4 Å². The van der Waals surface area contributed by atoms with E-state index in [0.717, 1.165) is 137 Å². The lowest BCUT2D eigenvalue weighted by Crippen LogP contribution is -2.08. The summed E-state index contributed by atoms with van der Waals surface area (Å²) in [6, 6.07) is 33.4. The van der Waals surface area contributed by atoms with E-state index in [4.69, 9.17) is 35.3 Å². The Labute approximate surface area is 742 Å². The Bertz CT molecular complexity index is 8300. The van der Waals surface area contributed by atoms with Crippen LogP contribution in [0.1, 0.15) is 80.9 Å². The molecule has 16 aromatic heterocycles. The zero-order valence-electron chi connectivity index (χ0n) is 68.6. The summed E-state index contributed by atoms with van der Waals surface area (Å²) in [5, 5.41) is 7.92. The molecule has 0 N–H and O–H groups in total. The number of oxazole rings is 1. The molecule has 0 aliphatic rings. The minimum Gasteiger partial charge on any atom is -0.464 e. The molecular weight excluding hydrogens is 1850 g/mol. The number of furan rings is 8. The van der Waals surface area contributed by atoms with Crippen molar-refractivity contribution in [3.05, 3.63) is 227 Å². The minimum absolute atomic E-state index is 0.0929. The summed E-state index contributed by atoms with van der Waals surface area (Å²) in [5.41, 5.74) is 12.5. The van der Waals surface area contributed by atoms with Crippen LogP contribution in [0.15, 0.2) is 186 Å². The van der Waals surface area contributed by atoms with Gasteiger partial charge in [-0.05, 0) is 201 Å². The van der Waals surface area contributed by atoms with Gasteiger partial charge in [0.15, 0.2) is 15.6 Å². The van der Waals surface area contributed by atoms with Crippen molar-refractivity contribution < 1.29 is 106 Å². The Kier molecular flexibility index (Phi) is 23.0. The van der Waals surface area contributed by atoms with Crippen molar-refractivity contribution in [2.24, 2.45) is 0 Å². The highest BCUT2D eigenvalue weighted by Crippen LogP contribution is 2.48. The molecule has 0 unspecified atom stereocenters. The molecule has 40 heteroatoms. The van der Waals surface area contributed by atoms with Crippen LogP contribution in [0.25, 0.3) is 170 Å². The quantitative estimate of drug-likeness (QED) is 0.139. The van der Waals surface area contributed by atoms with Gasteiger partial charge in [0, 0.05) is 51.8 Å². The highest BCUT2D eigenvalue weighted by atomic mass is 32.1. The molecule has 16 heterocycles. The molecule has 662 valence electrons. The first-order chi connectivity index (χ1) is 60.9. The number of hydrogen-bond donors (Lipinski definition) is 0. The number of hydrogen-bond acceptors (Lipinski definition) is 25. The predicted octanol–water partition coefficient (Wildman–Crippen LogP) is 32.1. The zero-order valence-corrected chi connectivity index (χ0v) is 74.3. The summed E-state index contributed by atoms with van der Waals surface area (Å²) in [7, 11) is 3.81. The summed E-state index contributed by atoms with van der Waals surface area (Å²) < 4.78 is 244. The predicted molar refractivity (Wildman–Crippen MR) is 476 cm³/mol. The van der Waals surface area contributed by atoms with Gasteiger partial charge in [-0.2, -0.15) is 70.8 Å². The van der Waals surface area contributed by atoms with Crippen LogP contribution in [0.2, 0.25) is 0 Å². The molecule has 0 saturated heterocycles. The second kappa shape index (κ2) is 33.6. The average molecular weight is 1910 g/mol. The van der Waals surface area contributed by atoms with E-state index in [2.05, 4.69) is 94.5 Å². The van der Waals surface area contributed by atoms with E-state index in [9.17, 15) is 65.9 Å². The third kappa shape index (κ3) is 17.6. The van der Waals surface area contributed by atoms with Crippen molar-refractivity contribution in [2.75, 3.05) is 19.0 Å². The van der Waals surface area contributed by atoms with Crippen LogP contribution in [0.3, 0.4) is 0 Å². The maximum Gasteiger partial charge on any atom is 0.449 e. The molecular formula is C89H60F15N9O9S7. The van der Waals surface area contributed by atoms with Gasteiger partial charge in [0.1, 0.15) is 78.6 Å². The Hall–Kier alpha value is -12.5. The van der Waals surface area contributed by atoms with Crippen LogP contribution in [0, 0.1) is 69.2 Å². The van der Waals surface area contributed by atoms with Crippen LogP contribution in [-0.2, 0) is 30.9 Å². The second-order valence-corrected chi connectivity index (χ2v) is 37.3. The maximum absolute atomic E-state index is 13.0. The summed E-state index contributed by atoms with van der Waals surface area (Å²) in [4.78, 5) is 35.2. The van der Waals surface area contributed by atoms with E-state index in [1.165, 1.54) is 65.4 Å². The van der Waals surface area contributed by atoms with Gasteiger partial charge in [0.05, 0.1) is 127 Å². The fourth-order valence-electron chi connectivity index (χ4n) is 14.4. The molecule has 0 fully saturated rings. The van der Waals surface area contributed by atoms with Crippen molar-refractivity contribution >= 4 is 256 Å². The molecule has 0 spiro atoms. The van der Waals surface area contributed by atoms with Gasteiger partial charge in [0.25, 0.3) is 6.01 Å². The number of aromatic nitrogens is 8. The van der Waals surface area contributed by atoms with Crippen molar-refractivity contribution in [1.82, 2.24) is 39.9 Å². The standard InChI is InChI=1S/C12H2F9NOS.C12H12N2O2.C12H11NOS.C11H6F3NOS.2C11H9NOS.C10H4F3NOS.C10H7NOS/c13-10(14,15)4-2-5-7(22-9(24-5)12(19,20)21)3-1-6(11(16,17)18)23-8(3)4;1-7-6-8-9(15-7)4-5-10-11(8)13-12(16-10)14(2)3;1-6-4-10-11(13-8(3)15-10)9-5-7(2)14-12(6)9;1-5-4-7-8(6-2-3-16-9(5)6)15-10(17-7)11(12,13)14;1-6-5-8-9(13-6)3-4-10-11(8)12-7(2)14-10;1-6-5-9-10(12-7(2)14-9)8-3-4-13-11(6)8;11-10(12,13)6-3-7-8(14-4-16-7)5-1-2-15-9(5)6;1-6-11-10-7-4-5-12-8(7)2-3-9(10)13-6/h1-2H;4-6H,1-3H3;4-5H,1-3H3;2-4H,1H3;2*3-5H,1-2H3;1-4H;2-5H,1H3. The van der Waals surface area contributed by atoms with Crippen molar-refractivity contribution in [3.63, 3.8) is 0 Å². The van der Waals surface area contributed by atoms with E-state index in [-0.39, 0.29) is 23.0 Å². The fourth-order valence-corrected chi connectivity index (χ4v) is 20.6. The molecule has 0 amide bonds. The molecule has 129 heavy (non-hydrogen) atoms. The monoisotopic (exact) mass is 1910 g/mol. The Morgan fingerprint density at radius 1 is 0.279 bits per heavy atom. The first-order valence-electron chi connectivity index (χ1n) is 38.2. The number of aryl methyl sites for hydroxylation is 10. The van der Waals surface area contributed by atoms with E-state index in [0.29, 0.717) is 60.2 Å². The number of fused-ring (bicyclic) bond motifs is 24. The smallest absolute Gasteiger partial charge is 0.449 e. The zero-order chi connectivity index (χ0) is 91.7. The topological polar surface area (TPSA) is 225 Å². The molecule has 0 saturated carbocycles. The number of rotatable bonds is 1. The first kappa shape index (κ1) is 88.6. The van der Waals surface area contributed by atoms with E-state index < -0.39 is 79.0 Å². The van der Waals surface area contributed by atoms with Gasteiger partial charge >= 0.3 is 30.9 Å². The Morgan fingerprint density at radius 2 is 0.667 bits per heavy atom. The van der Waals surface area contributed by atoms with Gasteiger partial charge in [-0.1, -0.05) is 0 Å². The highest BCUT2D eigenvalue weighted by Gasteiger charge is 2.43. The summed E-state index contributed by atoms with van der Waals surface area (Å²) in [5.74, 6) is 1.03. The third-order valence-corrected chi connectivity index (χ3v) is 26.3. The van der Waals surface area contributed by atoms with Crippen LogP contribution in [0.5, 0.6) is 0 Å².